The first kappa shape index (κ1) is 22.0. The molecule has 3 aromatic rings. The highest BCUT2D eigenvalue weighted by atomic mass is 32.1. The monoisotopic (exact) mass is 433 g/mol. The molecule has 0 atom stereocenters. The van der Waals surface area contributed by atoms with Crippen molar-refractivity contribution in [1.29, 1.82) is 0 Å². The van der Waals surface area contributed by atoms with Crippen LogP contribution in [0.3, 0.4) is 0 Å². The number of amides is 2. The SMILES string of the molecule is CCOc1ccc(C(=O)NC(=S)Nc2cccc(NC(=O)Cc3ccccc3)c2)cc1. The van der Waals surface area contributed by atoms with Gasteiger partial charge in [0.05, 0.1) is 13.0 Å². The molecule has 6 nitrogen and oxygen atoms in total. The fourth-order valence-electron chi connectivity index (χ4n) is 2.87. The van der Waals surface area contributed by atoms with Crippen molar-refractivity contribution in [2.75, 3.05) is 17.2 Å². The summed E-state index contributed by atoms with van der Waals surface area (Å²) in [6.07, 6.45) is 0.287. The Morgan fingerprint density at radius 3 is 2.23 bits per heavy atom. The Labute approximate surface area is 186 Å². The standard InChI is InChI=1S/C24H23N3O3S/c1-2-30-21-13-11-18(12-14-21)23(29)27-24(31)26-20-10-6-9-19(16-20)25-22(28)15-17-7-4-3-5-8-17/h3-14,16H,2,15H2,1H3,(H,25,28)(H2,26,27,29,31). The molecule has 31 heavy (non-hydrogen) atoms. The van der Waals surface area contributed by atoms with E-state index in [0.717, 1.165) is 5.56 Å². The van der Waals surface area contributed by atoms with Gasteiger partial charge in [0.1, 0.15) is 5.75 Å². The van der Waals surface area contributed by atoms with Gasteiger partial charge in [0.25, 0.3) is 5.91 Å². The van der Waals surface area contributed by atoms with Crippen LogP contribution in [0.5, 0.6) is 5.75 Å². The van der Waals surface area contributed by atoms with Gasteiger partial charge in [-0.2, -0.15) is 0 Å². The number of ether oxygens (including phenoxy) is 1. The normalized spacial score (nSPS) is 10.1. The third kappa shape index (κ3) is 6.94. The van der Waals surface area contributed by atoms with Crippen molar-refractivity contribution >= 4 is 40.5 Å². The van der Waals surface area contributed by atoms with Crippen molar-refractivity contribution in [3.05, 3.63) is 90.0 Å². The highest BCUT2D eigenvalue weighted by molar-refractivity contribution is 7.80. The van der Waals surface area contributed by atoms with Crippen molar-refractivity contribution in [2.45, 2.75) is 13.3 Å². The Morgan fingerprint density at radius 1 is 0.871 bits per heavy atom. The summed E-state index contributed by atoms with van der Waals surface area (Å²) in [5.74, 6) is 0.258. The molecule has 0 aromatic heterocycles. The zero-order valence-corrected chi connectivity index (χ0v) is 17.9. The van der Waals surface area contributed by atoms with Crippen LogP contribution in [0, 0.1) is 0 Å². The van der Waals surface area contributed by atoms with E-state index in [9.17, 15) is 9.59 Å². The number of nitrogens with one attached hydrogen (secondary N) is 3. The maximum absolute atomic E-state index is 12.4. The van der Waals surface area contributed by atoms with E-state index in [2.05, 4.69) is 16.0 Å². The van der Waals surface area contributed by atoms with Crippen molar-refractivity contribution in [1.82, 2.24) is 5.32 Å². The van der Waals surface area contributed by atoms with Crippen LogP contribution in [0.25, 0.3) is 0 Å². The quantitative estimate of drug-likeness (QED) is 0.482. The number of rotatable bonds is 7. The second-order valence-electron chi connectivity index (χ2n) is 6.66. The van der Waals surface area contributed by atoms with Crippen molar-refractivity contribution in [3.63, 3.8) is 0 Å². The molecule has 0 heterocycles. The number of hydrogen-bond acceptors (Lipinski definition) is 4. The molecule has 2 amide bonds. The van der Waals surface area contributed by atoms with Crippen molar-refractivity contribution in [3.8, 4) is 5.75 Å². The summed E-state index contributed by atoms with van der Waals surface area (Å²) in [6, 6.07) is 23.4. The number of carbonyl (C=O) groups excluding carboxylic acids is 2. The number of benzene rings is 3. The molecule has 7 heteroatoms. The molecule has 0 saturated carbocycles. The number of anilines is 2. The average molecular weight is 434 g/mol. The molecule has 3 aromatic carbocycles. The zero-order valence-electron chi connectivity index (χ0n) is 17.1. The highest BCUT2D eigenvalue weighted by Crippen LogP contribution is 2.16. The lowest BCUT2D eigenvalue weighted by Crippen LogP contribution is -2.34. The molecule has 3 N–H and O–H groups in total. The van der Waals surface area contributed by atoms with Crippen LogP contribution in [0.15, 0.2) is 78.9 Å². The molecule has 158 valence electrons. The number of thiocarbonyl (C=S) groups is 1. The molecule has 0 radical (unpaired) electrons. The first-order valence-corrected chi connectivity index (χ1v) is 10.2. The molecular formula is C24H23N3O3S. The summed E-state index contributed by atoms with van der Waals surface area (Å²) in [6.45, 7) is 2.46. The molecule has 0 aliphatic carbocycles. The van der Waals surface area contributed by atoms with Gasteiger partial charge in [-0.1, -0.05) is 36.4 Å². The van der Waals surface area contributed by atoms with E-state index < -0.39 is 0 Å². The van der Waals surface area contributed by atoms with Gasteiger partial charge in [-0.05, 0) is 67.2 Å². The van der Waals surface area contributed by atoms with E-state index in [1.807, 2.05) is 37.3 Å². The number of carbonyl (C=O) groups is 2. The second-order valence-corrected chi connectivity index (χ2v) is 7.07. The maximum atomic E-state index is 12.4. The molecular weight excluding hydrogens is 410 g/mol. The van der Waals surface area contributed by atoms with Gasteiger partial charge >= 0.3 is 0 Å². The van der Waals surface area contributed by atoms with E-state index in [-0.39, 0.29) is 23.3 Å². The van der Waals surface area contributed by atoms with Gasteiger partial charge in [0.2, 0.25) is 5.91 Å². The molecule has 3 rings (SSSR count). The zero-order chi connectivity index (χ0) is 22.1. The van der Waals surface area contributed by atoms with Crippen LogP contribution >= 0.6 is 12.2 Å². The van der Waals surface area contributed by atoms with Crippen molar-refractivity contribution < 1.29 is 14.3 Å². The lowest BCUT2D eigenvalue weighted by Gasteiger charge is -2.12. The van der Waals surface area contributed by atoms with Crippen LogP contribution in [0.2, 0.25) is 0 Å². The van der Waals surface area contributed by atoms with Gasteiger partial charge < -0.3 is 15.4 Å². The minimum absolute atomic E-state index is 0.116. The molecule has 0 bridgehead atoms. The lowest BCUT2D eigenvalue weighted by molar-refractivity contribution is -0.115. The molecule has 0 fully saturated rings. The number of hydrogen-bond donors (Lipinski definition) is 3. The van der Waals surface area contributed by atoms with E-state index in [1.54, 1.807) is 48.5 Å². The van der Waals surface area contributed by atoms with Gasteiger partial charge in [-0.15, -0.1) is 0 Å². The minimum Gasteiger partial charge on any atom is -0.494 e. The summed E-state index contributed by atoms with van der Waals surface area (Å²) >= 11 is 5.24. The summed E-state index contributed by atoms with van der Waals surface area (Å²) in [4.78, 5) is 24.6. The average Bonchev–Trinajstić information content (AvgIpc) is 2.75. The Morgan fingerprint density at radius 2 is 1.55 bits per heavy atom. The summed E-state index contributed by atoms with van der Waals surface area (Å²) in [5, 5.41) is 8.63. The molecule has 0 aliphatic heterocycles. The first-order valence-electron chi connectivity index (χ1n) is 9.82. The largest absolute Gasteiger partial charge is 0.494 e. The molecule has 0 spiro atoms. The topological polar surface area (TPSA) is 79.5 Å². The fraction of sp³-hybridized carbons (Fsp3) is 0.125. The third-order valence-electron chi connectivity index (χ3n) is 4.27. The molecule has 0 saturated heterocycles. The first-order chi connectivity index (χ1) is 15.0. The van der Waals surface area contributed by atoms with Crippen LogP contribution in [0.4, 0.5) is 11.4 Å². The van der Waals surface area contributed by atoms with Gasteiger partial charge in [0, 0.05) is 16.9 Å². The fourth-order valence-corrected chi connectivity index (χ4v) is 3.08. The maximum Gasteiger partial charge on any atom is 0.257 e. The van der Waals surface area contributed by atoms with Gasteiger partial charge in [-0.3, -0.25) is 14.9 Å². The van der Waals surface area contributed by atoms with E-state index >= 15 is 0 Å². The van der Waals surface area contributed by atoms with Crippen molar-refractivity contribution in [2.24, 2.45) is 0 Å². The Bertz CT molecular complexity index is 1050. The summed E-state index contributed by atoms with van der Waals surface area (Å²) in [7, 11) is 0. The molecule has 0 unspecified atom stereocenters. The third-order valence-corrected chi connectivity index (χ3v) is 4.47. The lowest BCUT2D eigenvalue weighted by atomic mass is 10.1. The Kier molecular flexibility index (Phi) is 7.73. The summed E-state index contributed by atoms with van der Waals surface area (Å²) < 4.78 is 5.37. The van der Waals surface area contributed by atoms with Crippen LogP contribution in [0.1, 0.15) is 22.8 Å². The van der Waals surface area contributed by atoms with Crippen LogP contribution < -0.4 is 20.7 Å². The highest BCUT2D eigenvalue weighted by Gasteiger charge is 2.09. The summed E-state index contributed by atoms with van der Waals surface area (Å²) in [5.41, 5.74) is 2.68. The van der Waals surface area contributed by atoms with Crippen LogP contribution in [-0.4, -0.2) is 23.5 Å². The predicted molar refractivity (Wildman–Crippen MR) is 127 cm³/mol. The predicted octanol–water partition coefficient (Wildman–Crippen LogP) is 4.39. The van der Waals surface area contributed by atoms with Gasteiger partial charge in [0.15, 0.2) is 5.11 Å². The van der Waals surface area contributed by atoms with E-state index in [1.165, 1.54) is 0 Å². The van der Waals surface area contributed by atoms with E-state index in [4.69, 9.17) is 17.0 Å². The van der Waals surface area contributed by atoms with Gasteiger partial charge in [-0.25, -0.2) is 0 Å². The molecule has 0 aliphatic rings. The second kappa shape index (κ2) is 10.9. The van der Waals surface area contributed by atoms with Crippen LogP contribution in [-0.2, 0) is 11.2 Å². The minimum atomic E-state index is -0.326. The smallest absolute Gasteiger partial charge is 0.257 e. The van der Waals surface area contributed by atoms with E-state index in [0.29, 0.717) is 29.3 Å². The Balaban J connectivity index is 1.54. The Hall–Kier alpha value is -3.71.